The first kappa shape index (κ1) is 14.8. The van der Waals surface area contributed by atoms with Crippen LogP contribution >= 0.6 is 22.9 Å². The minimum Gasteiger partial charge on any atom is -0.477 e. The van der Waals surface area contributed by atoms with Gasteiger partial charge in [-0.3, -0.25) is 4.72 Å². The Morgan fingerprint density at radius 2 is 2.00 bits per heavy atom. The second kappa shape index (κ2) is 5.39. The number of halogens is 2. The van der Waals surface area contributed by atoms with Crippen molar-refractivity contribution in [3.63, 3.8) is 0 Å². The molecule has 0 fully saturated rings. The maximum atomic E-state index is 13.5. The van der Waals surface area contributed by atoms with Crippen molar-refractivity contribution in [2.24, 2.45) is 0 Å². The number of thiophene rings is 1. The molecule has 1 aromatic carbocycles. The normalized spacial score (nSPS) is 11.3. The second-order valence-corrected chi connectivity index (χ2v) is 7.08. The van der Waals surface area contributed by atoms with Crippen LogP contribution in [0.15, 0.2) is 34.5 Å². The Hall–Kier alpha value is -1.64. The maximum Gasteiger partial charge on any atom is 0.345 e. The standard InChI is InChI=1S/C11H7ClFNO4S2/c12-6-1-2-8(7(13)5-6)14-20(17,18)10-4-3-9(19-10)11(15)16/h1-5,14H,(H,15,16). The van der Waals surface area contributed by atoms with Crippen LogP contribution in [0.25, 0.3) is 0 Å². The van der Waals surface area contributed by atoms with Gasteiger partial charge in [-0.2, -0.15) is 0 Å². The molecule has 0 aliphatic rings. The molecular formula is C11H7ClFNO4S2. The van der Waals surface area contributed by atoms with Gasteiger partial charge in [-0.25, -0.2) is 17.6 Å². The van der Waals surface area contributed by atoms with Crippen LogP contribution < -0.4 is 4.72 Å². The molecule has 1 heterocycles. The van der Waals surface area contributed by atoms with Crippen molar-refractivity contribution >= 4 is 44.6 Å². The van der Waals surface area contributed by atoms with Crippen LogP contribution in [0.5, 0.6) is 0 Å². The highest BCUT2D eigenvalue weighted by atomic mass is 35.5. The molecule has 0 amide bonds. The van der Waals surface area contributed by atoms with Crippen LogP contribution in [0, 0.1) is 5.82 Å². The van der Waals surface area contributed by atoms with Crippen LogP contribution in [0.1, 0.15) is 9.67 Å². The summed E-state index contributed by atoms with van der Waals surface area (Å²) in [6.45, 7) is 0. The maximum absolute atomic E-state index is 13.5. The summed E-state index contributed by atoms with van der Waals surface area (Å²) in [5.74, 6) is -2.05. The SMILES string of the molecule is O=C(O)c1ccc(S(=O)(=O)Nc2ccc(Cl)cc2F)s1. The summed E-state index contributed by atoms with van der Waals surface area (Å²) in [5.41, 5.74) is -0.264. The van der Waals surface area contributed by atoms with Crippen molar-refractivity contribution in [2.75, 3.05) is 4.72 Å². The molecule has 5 nitrogen and oxygen atoms in total. The summed E-state index contributed by atoms with van der Waals surface area (Å²) in [6.07, 6.45) is 0. The fraction of sp³-hybridized carbons (Fsp3) is 0. The molecule has 1 aromatic heterocycles. The van der Waals surface area contributed by atoms with E-state index in [1.807, 2.05) is 4.72 Å². The van der Waals surface area contributed by atoms with Crippen LogP contribution in [0.2, 0.25) is 5.02 Å². The Morgan fingerprint density at radius 1 is 1.30 bits per heavy atom. The molecule has 0 unspecified atom stereocenters. The van der Waals surface area contributed by atoms with Crippen molar-refractivity contribution in [1.29, 1.82) is 0 Å². The fourth-order valence-electron chi connectivity index (χ4n) is 1.35. The molecule has 0 bridgehead atoms. The molecule has 9 heteroatoms. The van der Waals surface area contributed by atoms with Crippen LogP contribution in [-0.4, -0.2) is 19.5 Å². The Morgan fingerprint density at radius 3 is 2.55 bits per heavy atom. The van der Waals surface area contributed by atoms with Gasteiger partial charge in [-0.15, -0.1) is 11.3 Å². The lowest BCUT2D eigenvalue weighted by atomic mass is 10.3. The van der Waals surface area contributed by atoms with Crippen LogP contribution in [0.4, 0.5) is 10.1 Å². The molecule has 2 aromatic rings. The average Bonchev–Trinajstić information content (AvgIpc) is 2.83. The van der Waals surface area contributed by atoms with Crippen LogP contribution in [0.3, 0.4) is 0 Å². The van der Waals surface area contributed by atoms with Gasteiger partial charge in [0.25, 0.3) is 10.0 Å². The third-order valence-corrected chi connectivity index (χ3v) is 5.40. The number of carboxylic acid groups (broad SMARTS) is 1. The van der Waals surface area contributed by atoms with Crippen molar-refractivity contribution in [3.05, 3.63) is 46.0 Å². The minimum absolute atomic E-state index is 0.123. The van der Waals surface area contributed by atoms with Crippen LogP contribution in [-0.2, 0) is 10.0 Å². The molecule has 0 aliphatic carbocycles. The highest BCUT2D eigenvalue weighted by Crippen LogP contribution is 2.26. The average molecular weight is 336 g/mol. The van der Waals surface area contributed by atoms with E-state index in [1.165, 1.54) is 18.2 Å². The van der Waals surface area contributed by atoms with Gasteiger partial charge >= 0.3 is 5.97 Å². The Labute approximate surface area is 122 Å². The fourth-order valence-corrected chi connectivity index (χ4v) is 3.72. The van der Waals surface area contributed by atoms with Crippen molar-refractivity contribution in [1.82, 2.24) is 0 Å². The van der Waals surface area contributed by atoms with E-state index in [0.717, 1.165) is 12.1 Å². The lowest BCUT2D eigenvalue weighted by Gasteiger charge is -2.07. The summed E-state index contributed by atoms with van der Waals surface area (Å²) in [4.78, 5) is 10.6. The molecule has 2 N–H and O–H groups in total. The molecule has 2 rings (SSSR count). The number of nitrogens with one attached hydrogen (secondary N) is 1. The van der Waals surface area contributed by atoms with E-state index < -0.39 is 21.8 Å². The Kier molecular flexibility index (Phi) is 3.98. The topological polar surface area (TPSA) is 83.5 Å². The predicted octanol–water partition coefficient (Wildman–Crippen LogP) is 3.04. The zero-order chi connectivity index (χ0) is 14.9. The predicted molar refractivity (Wildman–Crippen MR) is 73.5 cm³/mol. The number of sulfonamides is 1. The molecule has 0 aliphatic heterocycles. The van der Waals surface area contributed by atoms with Crippen molar-refractivity contribution in [3.8, 4) is 0 Å². The highest BCUT2D eigenvalue weighted by Gasteiger charge is 2.20. The number of hydrogen-bond donors (Lipinski definition) is 2. The molecule has 0 radical (unpaired) electrons. The number of anilines is 1. The molecule has 0 spiro atoms. The van der Waals surface area contributed by atoms with E-state index in [9.17, 15) is 17.6 Å². The van der Waals surface area contributed by atoms with Gasteiger partial charge in [0.05, 0.1) is 5.69 Å². The lowest BCUT2D eigenvalue weighted by Crippen LogP contribution is -2.12. The van der Waals surface area contributed by atoms with Gasteiger partial charge in [-0.05, 0) is 30.3 Å². The van der Waals surface area contributed by atoms with Gasteiger partial charge in [0.2, 0.25) is 0 Å². The summed E-state index contributed by atoms with van der Waals surface area (Å²) < 4.78 is 39.3. The molecular weight excluding hydrogens is 329 g/mol. The van der Waals surface area contributed by atoms with Gasteiger partial charge < -0.3 is 5.11 Å². The van der Waals surface area contributed by atoms with Gasteiger partial charge in [-0.1, -0.05) is 11.6 Å². The first-order valence-electron chi connectivity index (χ1n) is 5.10. The smallest absolute Gasteiger partial charge is 0.345 e. The lowest BCUT2D eigenvalue weighted by molar-refractivity contribution is 0.0702. The highest BCUT2D eigenvalue weighted by molar-refractivity contribution is 7.94. The molecule has 20 heavy (non-hydrogen) atoms. The van der Waals surface area contributed by atoms with E-state index in [2.05, 4.69) is 0 Å². The van der Waals surface area contributed by atoms with E-state index >= 15 is 0 Å². The number of rotatable bonds is 4. The molecule has 0 saturated carbocycles. The Bertz CT molecular complexity index is 772. The third kappa shape index (κ3) is 3.09. The first-order chi connectivity index (χ1) is 9.29. The first-order valence-corrected chi connectivity index (χ1v) is 7.78. The van der Waals surface area contributed by atoms with E-state index in [-0.39, 0.29) is 19.8 Å². The number of benzene rings is 1. The van der Waals surface area contributed by atoms with E-state index in [1.54, 1.807) is 0 Å². The molecule has 0 atom stereocenters. The second-order valence-electron chi connectivity index (χ2n) is 3.65. The number of aromatic carboxylic acids is 1. The van der Waals surface area contributed by atoms with Crippen molar-refractivity contribution < 1.29 is 22.7 Å². The van der Waals surface area contributed by atoms with Gasteiger partial charge in [0, 0.05) is 5.02 Å². The van der Waals surface area contributed by atoms with Crippen molar-refractivity contribution in [2.45, 2.75) is 4.21 Å². The number of hydrogen-bond acceptors (Lipinski definition) is 4. The quantitative estimate of drug-likeness (QED) is 0.899. The number of carbonyl (C=O) groups is 1. The molecule has 106 valence electrons. The summed E-state index contributed by atoms with van der Waals surface area (Å²) in [7, 11) is -4.04. The third-order valence-electron chi connectivity index (χ3n) is 2.23. The van der Waals surface area contributed by atoms with Gasteiger partial charge in [0.15, 0.2) is 0 Å². The van der Waals surface area contributed by atoms with E-state index in [4.69, 9.17) is 16.7 Å². The summed E-state index contributed by atoms with van der Waals surface area (Å²) >= 11 is 6.14. The van der Waals surface area contributed by atoms with Gasteiger partial charge in [0.1, 0.15) is 14.9 Å². The minimum atomic E-state index is -4.04. The Balaban J connectivity index is 2.33. The monoisotopic (exact) mass is 335 g/mol. The summed E-state index contributed by atoms with van der Waals surface area (Å²) in [6, 6.07) is 5.79. The molecule has 0 saturated heterocycles. The zero-order valence-electron chi connectivity index (χ0n) is 9.63. The van der Waals surface area contributed by atoms with E-state index in [0.29, 0.717) is 11.3 Å². The number of carboxylic acids is 1. The summed E-state index contributed by atoms with van der Waals surface area (Å²) in [5, 5.41) is 8.88. The largest absolute Gasteiger partial charge is 0.477 e. The zero-order valence-corrected chi connectivity index (χ0v) is 12.0.